The number of hydrogen-bond donors (Lipinski definition) is 0. The number of ether oxygens (including phenoxy) is 1. The first-order valence-electron chi connectivity index (χ1n) is 3.87. The van der Waals surface area contributed by atoms with Gasteiger partial charge >= 0.3 is 5.97 Å². The highest BCUT2D eigenvalue weighted by Crippen LogP contribution is 2.16. The smallest absolute Gasteiger partial charge is 0.330 e. The molecule has 0 amide bonds. The van der Waals surface area contributed by atoms with Gasteiger partial charge in [0.15, 0.2) is 0 Å². The molecule has 0 atom stereocenters. The average molecular weight is 156 g/mol. The lowest BCUT2D eigenvalue weighted by Crippen LogP contribution is -2.26. The largest absolute Gasteiger partial charge is 0.457 e. The maximum Gasteiger partial charge on any atom is 0.330 e. The van der Waals surface area contributed by atoms with Gasteiger partial charge in [-0.1, -0.05) is 19.9 Å². The molecular weight excluding hydrogens is 140 g/mol. The summed E-state index contributed by atoms with van der Waals surface area (Å²) in [6.07, 6.45) is 3.08. The summed E-state index contributed by atoms with van der Waals surface area (Å²) in [4.78, 5) is 10.8. The van der Waals surface area contributed by atoms with E-state index < -0.39 is 0 Å². The fourth-order valence-electron chi connectivity index (χ4n) is 0.967. The zero-order chi connectivity index (χ0) is 8.91. The molecule has 0 saturated carbocycles. The van der Waals surface area contributed by atoms with Gasteiger partial charge in [-0.05, 0) is 20.3 Å². The molecule has 0 radical (unpaired) electrons. The van der Waals surface area contributed by atoms with Crippen LogP contribution in [0.2, 0.25) is 0 Å². The van der Waals surface area contributed by atoms with Crippen LogP contribution in [0, 0.1) is 0 Å². The number of rotatable bonds is 4. The molecule has 0 saturated heterocycles. The summed E-state index contributed by atoms with van der Waals surface area (Å²) in [5.41, 5.74) is -0.347. The van der Waals surface area contributed by atoms with Crippen molar-refractivity contribution in [3.63, 3.8) is 0 Å². The maximum absolute atomic E-state index is 10.8. The van der Waals surface area contributed by atoms with E-state index in [0.29, 0.717) is 0 Å². The van der Waals surface area contributed by atoms with E-state index in [1.165, 1.54) is 6.08 Å². The van der Waals surface area contributed by atoms with E-state index in [-0.39, 0.29) is 11.6 Å². The lowest BCUT2D eigenvalue weighted by molar-refractivity contribution is -0.150. The zero-order valence-electron chi connectivity index (χ0n) is 7.52. The van der Waals surface area contributed by atoms with E-state index >= 15 is 0 Å². The summed E-state index contributed by atoms with van der Waals surface area (Å²) in [6.45, 7) is 9.19. The molecule has 0 aliphatic carbocycles. The Bertz CT molecular complexity index is 148. The third-order valence-corrected chi connectivity index (χ3v) is 1.40. The summed E-state index contributed by atoms with van der Waals surface area (Å²) in [7, 11) is 0. The van der Waals surface area contributed by atoms with Crippen LogP contribution in [0.15, 0.2) is 12.7 Å². The Morgan fingerprint density at radius 2 is 2.18 bits per heavy atom. The molecule has 0 rings (SSSR count). The van der Waals surface area contributed by atoms with Gasteiger partial charge in [-0.2, -0.15) is 0 Å². The zero-order valence-corrected chi connectivity index (χ0v) is 7.52. The van der Waals surface area contributed by atoms with Crippen molar-refractivity contribution in [2.45, 2.75) is 39.2 Å². The summed E-state index contributed by atoms with van der Waals surface area (Å²) < 4.78 is 5.07. The molecule has 0 aromatic rings. The molecule has 2 nitrogen and oxygen atoms in total. The van der Waals surface area contributed by atoms with Gasteiger partial charge in [0.2, 0.25) is 0 Å². The second-order valence-electron chi connectivity index (χ2n) is 3.13. The van der Waals surface area contributed by atoms with E-state index in [2.05, 4.69) is 13.5 Å². The lowest BCUT2D eigenvalue weighted by atomic mass is 10.0. The Balaban J connectivity index is 3.89. The van der Waals surface area contributed by atoms with Crippen LogP contribution in [-0.2, 0) is 9.53 Å². The molecule has 0 spiro atoms. The number of esters is 1. The van der Waals surface area contributed by atoms with Crippen LogP contribution in [0.3, 0.4) is 0 Å². The highest BCUT2D eigenvalue weighted by molar-refractivity contribution is 5.81. The Hall–Kier alpha value is -0.790. The molecule has 0 aliphatic heterocycles. The van der Waals surface area contributed by atoms with Crippen LogP contribution in [-0.4, -0.2) is 11.6 Å². The van der Waals surface area contributed by atoms with Crippen molar-refractivity contribution < 1.29 is 9.53 Å². The van der Waals surface area contributed by atoms with Crippen molar-refractivity contribution in [2.24, 2.45) is 0 Å². The number of carbonyl (C=O) groups is 1. The first kappa shape index (κ1) is 10.2. The van der Waals surface area contributed by atoms with E-state index in [0.717, 1.165) is 12.8 Å². The highest BCUT2D eigenvalue weighted by atomic mass is 16.6. The second-order valence-corrected chi connectivity index (χ2v) is 3.13. The van der Waals surface area contributed by atoms with Crippen molar-refractivity contribution in [3.05, 3.63) is 12.7 Å². The Labute approximate surface area is 68.2 Å². The molecule has 0 unspecified atom stereocenters. The van der Waals surface area contributed by atoms with Gasteiger partial charge in [-0.3, -0.25) is 0 Å². The third kappa shape index (κ3) is 4.59. The van der Waals surface area contributed by atoms with Crippen LogP contribution in [0.5, 0.6) is 0 Å². The standard InChI is InChI=1S/C9H16O2/c1-5-7-9(3,4)11-8(10)6-2/h6H,2,5,7H2,1,3-4H3. The summed E-state index contributed by atoms with van der Waals surface area (Å²) in [6, 6.07) is 0. The van der Waals surface area contributed by atoms with Gasteiger partial charge in [0.1, 0.15) is 5.60 Å². The third-order valence-electron chi connectivity index (χ3n) is 1.40. The normalized spacial score (nSPS) is 10.8. The van der Waals surface area contributed by atoms with E-state index in [1.807, 2.05) is 13.8 Å². The molecule has 0 heterocycles. The fourth-order valence-corrected chi connectivity index (χ4v) is 0.967. The molecular formula is C9H16O2. The van der Waals surface area contributed by atoms with Crippen molar-refractivity contribution in [1.29, 1.82) is 0 Å². The maximum atomic E-state index is 10.8. The van der Waals surface area contributed by atoms with E-state index in [9.17, 15) is 4.79 Å². The first-order valence-corrected chi connectivity index (χ1v) is 3.87. The van der Waals surface area contributed by atoms with Crippen LogP contribution in [0.25, 0.3) is 0 Å². The predicted octanol–water partition coefficient (Wildman–Crippen LogP) is 2.29. The monoisotopic (exact) mass is 156 g/mol. The predicted molar refractivity (Wildman–Crippen MR) is 45.3 cm³/mol. The summed E-state index contributed by atoms with van der Waals surface area (Å²) in [5, 5.41) is 0. The van der Waals surface area contributed by atoms with Gasteiger partial charge in [0.05, 0.1) is 0 Å². The minimum atomic E-state index is -0.347. The van der Waals surface area contributed by atoms with Gasteiger partial charge in [-0.25, -0.2) is 4.79 Å². The van der Waals surface area contributed by atoms with Gasteiger partial charge < -0.3 is 4.74 Å². The molecule has 11 heavy (non-hydrogen) atoms. The van der Waals surface area contributed by atoms with Crippen LogP contribution in [0.4, 0.5) is 0 Å². The average Bonchev–Trinajstić information content (AvgIpc) is 1.86. The van der Waals surface area contributed by atoms with Crippen LogP contribution < -0.4 is 0 Å². The van der Waals surface area contributed by atoms with Crippen molar-refractivity contribution in [3.8, 4) is 0 Å². The van der Waals surface area contributed by atoms with Crippen molar-refractivity contribution in [2.75, 3.05) is 0 Å². The van der Waals surface area contributed by atoms with Crippen molar-refractivity contribution in [1.82, 2.24) is 0 Å². The van der Waals surface area contributed by atoms with Gasteiger partial charge in [0.25, 0.3) is 0 Å². The molecule has 0 N–H and O–H groups in total. The molecule has 0 aromatic heterocycles. The minimum absolute atomic E-state index is 0.344. The van der Waals surface area contributed by atoms with Crippen molar-refractivity contribution >= 4 is 5.97 Å². The van der Waals surface area contributed by atoms with Gasteiger partial charge in [-0.15, -0.1) is 0 Å². The number of carbonyl (C=O) groups excluding carboxylic acids is 1. The van der Waals surface area contributed by atoms with Crippen LogP contribution in [0.1, 0.15) is 33.6 Å². The SMILES string of the molecule is C=CC(=O)OC(C)(C)CCC. The number of hydrogen-bond acceptors (Lipinski definition) is 2. The summed E-state index contributed by atoms with van der Waals surface area (Å²) in [5.74, 6) is -0.344. The molecule has 0 aromatic carbocycles. The lowest BCUT2D eigenvalue weighted by Gasteiger charge is -2.23. The van der Waals surface area contributed by atoms with E-state index in [4.69, 9.17) is 4.74 Å². The quantitative estimate of drug-likeness (QED) is 0.461. The molecule has 2 heteroatoms. The molecule has 0 bridgehead atoms. The van der Waals surface area contributed by atoms with Crippen LogP contribution >= 0.6 is 0 Å². The summed E-state index contributed by atoms with van der Waals surface area (Å²) >= 11 is 0. The topological polar surface area (TPSA) is 26.3 Å². The minimum Gasteiger partial charge on any atom is -0.457 e. The Morgan fingerprint density at radius 3 is 2.55 bits per heavy atom. The molecule has 0 fully saturated rings. The second kappa shape index (κ2) is 4.16. The highest BCUT2D eigenvalue weighted by Gasteiger charge is 2.19. The Kier molecular flexibility index (Phi) is 3.86. The molecule has 0 aliphatic rings. The first-order chi connectivity index (χ1) is 5.02. The Morgan fingerprint density at radius 1 is 1.64 bits per heavy atom. The van der Waals surface area contributed by atoms with E-state index in [1.54, 1.807) is 0 Å². The van der Waals surface area contributed by atoms with Gasteiger partial charge in [0, 0.05) is 6.08 Å². The molecule has 64 valence electrons. The fraction of sp³-hybridized carbons (Fsp3) is 0.667.